The van der Waals surface area contributed by atoms with Crippen LogP contribution in [0.25, 0.3) is 0 Å². The number of halogens is 1. The van der Waals surface area contributed by atoms with Crippen LogP contribution in [0, 0.1) is 0 Å². The third-order valence-corrected chi connectivity index (χ3v) is 2.90. The van der Waals surface area contributed by atoms with E-state index < -0.39 is 0 Å². The van der Waals surface area contributed by atoms with Gasteiger partial charge in [-0.25, -0.2) is 0 Å². The first-order chi connectivity index (χ1) is 9.19. The molecule has 0 aliphatic carbocycles. The van der Waals surface area contributed by atoms with Gasteiger partial charge < -0.3 is 10.1 Å². The molecule has 2 rings (SSSR count). The fourth-order valence-electron chi connectivity index (χ4n) is 1.64. The van der Waals surface area contributed by atoms with Gasteiger partial charge >= 0.3 is 0 Å². The fourth-order valence-corrected chi connectivity index (χ4v) is 1.77. The highest BCUT2D eigenvalue weighted by molar-refractivity contribution is 6.30. The number of carbonyl (C=O) groups excluding carboxylic acids is 1. The highest BCUT2D eigenvalue weighted by Crippen LogP contribution is 2.26. The molecule has 98 valence electrons. The Kier molecular flexibility index (Phi) is 4.42. The van der Waals surface area contributed by atoms with Crippen molar-refractivity contribution < 1.29 is 9.53 Å². The summed E-state index contributed by atoms with van der Waals surface area (Å²) >= 11 is 5.83. The second-order valence-electron chi connectivity index (χ2n) is 4.01. The van der Waals surface area contributed by atoms with E-state index in [9.17, 15) is 4.79 Å². The van der Waals surface area contributed by atoms with Crippen molar-refractivity contribution in [3.8, 4) is 11.5 Å². The molecule has 0 bridgehead atoms. The van der Waals surface area contributed by atoms with Crippen LogP contribution in [0.1, 0.15) is 5.56 Å². The Hall–Kier alpha value is -2.00. The first-order valence-electron chi connectivity index (χ1n) is 5.91. The molecule has 0 fully saturated rings. The maximum atomic E-state index is 11.4. The normalized spacial score (nSPS) is 10.0. The van der Waals surface area contributed by atoms with Crippen LogP contribution in [0.3, 0.4) is 0 Å². The van der Waals surface area contributed by atoms with Crippen molar-refractivity contribution in [1.29, 1.82) is 0 Å². The smallest absolute Gasteiger partial charge is 0.224 e. The van der Waals surface area contributed by atoms with E-state index in [1.54, 1.807) is 31.3 Å². The maximum Gasteiger partial charge on any atom is 0.224 e. The Morgan fingerprint density at radius 2 is 1.84 bits per heavy atom. The Bertz CT molecular complexity index is 567. The van der Waals surface area contributed by atoms with Crippen molar-refractivity contribution >= 4 is 17.5 Å². The van der Waals surface area contributed by atoms with Gasteiger partial charge in [0.1, 0.15) is 11.5 Å². The van der Waals surface area contributed by atoms with Crippen molar-refractivity contribution in [2.45, 2.75) is 6.42 Å². The van der Waals surface area contributed by atoms with Crippen molar-refractivity contribution in [2.24, 2.45) is 0 Å². The third-order valence-electron chi connectivity index (χ3n) is 2.64. The van der Waals surface area contributed by atoms with Crippen molar-refractivity contribution in [3.63, 3.8) is 0 Å². The van der Waals surface area contributed by atoms with Gasteiger partial charge in [0.2, 0.25) is 5.91 Å². The predicted molar refractivity (Wildman–Crippen MR) is 75.7 cm³/mol. The van der Waals surface area contributed by atoms with E-state index in [1.807, 2.05) is 24.3 Å². The van der Waals surface area contributed by atoms with Crippen LogP contribution in [0.2, 0.25) is 5.02 Å². The molecule has 0 radical (unpaired) electrons. The lowest BCUT2D eigenvalue weighted by Crippen LogP contribution is -2.20. The molecule has 19 heavy (non-hydrogen) atoms. The minimum absolute atomic E-state index is 0.0489. The van der Waals surface area contributed by atoms with Gasteiger partial charge in [-0.1, -0.05) is 29.8 Å². The summed E-state index contributed by atoms with van der Waals surface area (Å²) in [6.45, 7) is 0. The molecule has 0 saturated heterocycles. The first kappa shape index (κ1) is 13.4. The van der Waals surface area contributed by atoms with Crippen molar-refractivity contribution in [2.75, 3.05) is 7.05 Å². The number of amides is 1. The number of carbonyl (C=O) groups is 1. The minimum atomic E-state index is -0.0489. The Morgan fingerprint density at radius 3 is 2.53 bits per heavy atom. The van der Waals surface area contributed by atoms with E-state index in [-0.39, 0.29) is 5.91 Å². The van der Waals surface area contributed by atoms with Crippen LogP contribution in [0.4, 0.5) is 0 Å². The first-order valence-corrected chi connectivity index (χ1v) is 6.29. The summed E-state index contributed by atoms with van der Waals surface area (Å²) in [5.41, 5.74) is 0.844. The van der Waals surface area contributed by atoms with Crippen LogP contribution >= 0.6 is 11.6 Å². The van der Waals surface area contributed by atoms with Gasteiger partial charge in [0.25, 0.3) is 0 Å². The summed E-state index contributed by atoms with van der Waals surface area (Å²) in [4.78, 5) is 11.4. The van der Waals surface area contributed by atoms with Crippen LogP contribution in [0.5, 0.6) is 11.5 Å². The van der Waals surface area contributed by atoms with E-state index in [0.29, 0.717) is 22.9 Å². The highest BCUT2D eigenvalue weighted by Gasteiger charge is 2.08. The lowest BCUT2D eigenvalue weighted by atomic mass is 10.1. The second-order valence-corrected chi connectivity index (χ2v) is 4.45. The predicted octanol–water partition coefficient (Wildman–Crippen LogP) is 3.42. The summed E-state index contributed by atoms with van der Waals surface area (Å²) in [5, 5.41) is 3.26. The summed E-state index contributed by atoms with van der Waals surface area (Å²) in [6, 6.07) is 14.6. The molecular weight excluding hydrogens is 262 g/mol. The van der Waals surface area contributed by atoms with Crippen molar-refractivity contribution in [1.82, 2.24) is 5.32 Å². The van der Waals surface area contributed by atoms with E-state index in [0.717, 1.165) is 5.56 Å². The number of hydrogen-bond acceptors (Lipinski definition) is 2. The van der Waals surface area contributed by atoms with E-state index in [1.165, 1.54) is 0 Å². The number of rotatable bonds is 4. The lowest BCUT2D eigenvalue weighted by Gasteiger charge is -2.10. The monoisotopic (exact) mass is 275 g/mol. The van der Waals surface area contributed by atoms with Crippen LogP contribution < -0.4 is 10.1 Å². The van der Waals surface area contributed by atoms with Gasteiger partial charge in [-0.3, -0.25) is 4.79 Å². The Labute approximate surface area is 117 Å². The molecule has 0 saturated carbocycles. The SMILES string of the molecule is CNC(=O)Cc1ccccc1Oc1ccc(Cl)cc1. The second kappa shape index (κ2) is 6.25. The zero-order valence-corrected chi connectivity index (χ0v) is 11.3. The van der Waals surface area contributed by atoms with Crippen LogP contribution in [-0.4, -0.2) is 13.0 Å². The molecule has 0 unspecified atom stereocenters. The zero-order valence-electron chi connectivity index (χ0n) is 10.5. The van der Waals surface area contributed by atoms with Gasteiger partial charge in [0.15, 0.2) is 0 Å². The molecule has 2 aromatic rings. The number of para-hydroxylation sites is 1. The maximum absolute atomic E-state index is 11.4. The number of ether oxygens (including phenoxy) is 1. The van der Waals surface area contributed by atoms with Crippen molar-refractivity contribution in [3.05, 3.63) is 59.1 Å². The minimum Gasteiger partial charge on any atom is -0.457 e. The number of nitrogens with one attached hydrogen (secondary N) is 1. The molecule has 0 spiro atoms. The summed E-state index contributed by atoms with van der Waals surface area (Å²) in [7, 11) is 1.62. The van der Waals surface area contributed by atoms with Gasteiger partial charge in [-0.15, -0.1) is 0 Å². The average molecular weight is 276 g/mol. The zero-order chi connectivity index (χ0) is 13.7. The highest BCUT2D eigenvalue weighted by atomic mass is 35.5. The van der Waals surface area contributed by atoms with Gasteiger partial charge in [0, 0.05) is 17.6 Å². The van der Waals surface area contributed by atoms with Gasteiger partial charge in [0.05, 0.1) is 6.42 Å². The van der Waals surface area contributed by atoms with E-state index in [4.69, 9.17) is 16.3 Å². The molecule has 1 amide bonds. The van der Waals surface area contributed by atoms with E-state index in [2.05, 4.69) is 5.32 Å². The molecule has 0 aliphatic heterocycles. The lowest BCUT2D eigenvalue weighted by molar-refractivity contribution is -0.119. The van der Waals surface area contributed by atoms with Crippen LogP contribution in [-0.2, 0) is 11.2 Å². The van der Waals surface area contributed by atoms with E-state index >= 15 is 0 Å². The topological polar surface area (TPSA) is 38.3 Å². The molecule has 0 heterocycles. The Morgan fingerprint density at radius 1 is 1.16 bits per heavy atom. The molecular formula is C15H14ClNO2. The third kappa shape index (κ3) is 3.73. The molecule has 0 aliphatic rings. The number of likely N-dealkylation sites (N-methyl/N-ethyl adjacent to an activating group) is 1. The quantitative estimate of drug-likeness (QED) is 0.928. The molecule has 2 aromatic carbocycles. The fraction of sp³-hybridized carbons (Fsp3) is 0.133. The van der Waals surface area contributed by atoms with Gasteiger partial charge in [-0.2, -0.15) is 0 Å². The largest absolute Gasteiger partial charge is 0.457 e. The molecule has 0 aromatic heterocycles. The molecule has 0 atom stereocenters. The summed E-state index contributed by atoms with van der Waals surface area (Å²) in [5.74, 6) is 1.31. The summed E-state index contributed by atoms with van der Waals surface area (Å²) in [6.07, 6.45) is 0.292. The average Bonchev–Trinajstić information content (AvgIpc) is 2.43. The Balaban J connectivity index is 2.20. The standard InChI is InChI=1S/C15H14ClNO2/c1-17-15(18)10-11-4-2-3-5-14(11)19-13-8-6-12(16)7-9-13/h2-9H,10H2,1H3,(H,17,18). The van der Waals surface area contributed by atoms with Gasteiger partial charge in [-0.05, 0) is 30.3 Å². The number of benzene rings is 2. The molecule has 1 N–H and O–H groups in total. The molecule has 4 heteroatoms. The van der Waals surface area contributed by atoms with Crippen LogP contribution in [0.15, 0.2) is 48.5 Å². The number of hydrogen-bond donors (Lipinski definition) is 1. The molecule has 3 nitrogen and oxygen atoms in total. The summed E-state index contributed by atoms with van der Waals surface area (Å²) < 4.78 is 5.77.